The van der Waals surface area contributed by atoms with Crippen LogP contribution < -0.4 is 5.32 Å². The van der Waals surface area contributed by atoms with Gasteiger partial charge < -0.3 is 14.8 Å². The van der Waals surface area contributed by atoms with Gasteiger partial charge in [-0.15, -0.1) is 0 Å². The molecule has 0 fully saturated rings. The van der Waals surface area contributed by atoms with E-state index in [1.54, 1.807) is 19.1 Å². The van der Waals surface area contributed by atoms with Crippen LogP contribution in [0.1, 0.15) is 26.0 Å². The lowest BCUT2D eigenvalue weighted by atomic mass is 10.3. The van der Waals surface area contributed by atoms with E-state index in [2.05, 4.69) is 5.32 Å². The Balaban J connectivity index is 2.47. The molecule has 0 aliphatic rings. The van der Waals surface area contributed by atoms with E-state index in [9.17, 15) is 13.8 Å². The van der Waals surface area contributed by atoms with Crippen molar-refractivity contribution in [2.24, 2.45) is 0 Å². The fourth-order valence-electron chi connectivity index (χ4n) is 1.51. The number of amides is 1. The summed E-state index contributed by atoms with van der Waals surface area (Å²) in [6.45, 7) is 3.30. The molecule has 3 atom stereocenters. The summed E-state index contributed by atoms with van der Waals surface area (Å²) >= 11 is 0. The summed E-state index contributed by atoms with van der Waals surface area (Å²) in [5.41, 5.74) is 0. The van der Waals surface area contributed by atoms with E-state index in [1.807, 2.05) is 0 Å². The molecule has 7 heteroatoms. The third-order valence-electron chi connectivity index (χ3n) is 2.59. The number of carbonyl (C=O) groups is 2. The molecule has 0 bridgehead atoms. The quantitative estimate of drug-likeness (QED) is 0.776. The minimum absolute atomic E-state index is 0.220. The molecule has 1 heterocycles. The van der Waals surface area contributed by atoms with E-state index >= 15 is 0 Å². The largest absolute Gasteiger partial charge is 0.481 e. The molecule has 6 nitrogen and oxygen atoms in total. The Morgan fingerprint density at radius 2 is 2.16 bits per heavy atom. The first-order valence-electron chi connectivity index (χ1n) is 5.83. The number of carboxylic acid groups (broad SMARTS) is 1. The third-order valence-corrected chi connectivity index (χ3v) is 4.46. The molecule has 1 aromatic heterocycles. The summed E-state index contributed by atoms with van der Waals surface area (Å²) in [7, 11) is -1.53. The maximum Gasteiger partial charge on any atom is 0.304 e. The molecule has 1 rings (SSSR count). The van der Waals surface area contributed by atoms with Gasteiger partial charge in [0.05, 0.1) is 19.2 Å². The molecule has 106 valence electrons. The summed E-state index contributed by atoms with van der Waals surface area (Å²) < 4.78 is 17.0. The molecule has 3 unspecified atom stereocenters. The average Bonchev–Trinajstić information content (AvgIpc) is 2.86. The van der Waals surface area contributed by atoms with Crippen LogP contribution in [-0.2, 0) is 26.9 Å². The Labute approximate surface area is 113 Å². The first-order valence-corrected chi connectivity index (χ1v) is 7.10. The van der Waals surface area contributed by atoms with Crippen LogP contribution in [-0.4, -0.2) is 31.7 Å². The van der Waals surface area contributed by atoms with E-state index in [-0.39, 0.29) is 18.9 Å². The van der Waals surface area contributed by atoms with Gasteiger partial charge in [0.15, 0.2) is 0 Å². The number of carboxylic acids is 1. The van der Waals surface area contributed by atoms with Crippen molar-refractivity contribution < 1.29 is 23.3 Å². The number of rotatable bonds is 7. The van der Waals surface area contributed by atoms with Gasteiger partial charge in [0.1, 0.15) is 11.0 Å². The molecule has 0 aliphatic carbocycles. The lowest BCUT2D eigenvalue weighted by molar-refractivity contribution is -0.137. The third kappa shape index (κ3) is 4.86. The highest BCUT2D eigenvalue weighted by molar-refractivity contribution is 7.87. The number of furan rings is 1. The molecule has 0 aliphatic heterocycles. The number of hydrogen-bond acceptors (Lipinski definition) is 4. The van der Waals surface area contributed by atoms with Crippen molar-refractivity contribution >= 4 is 22.7 Å². The maximum absolute atomic E-state index is 11.9. The second kappa shape index (κ2) is 7.08. The fraction of sp³-hybridized carbons (Fsp3) is 0.500. The van der Waals surface area contributed by atoms with Crippen LogP contribution in [0.15, 0.2) is 22.8 Å². The standard InChI is InChI=1S/C12H17NO5S/c1-8(6-11(14)15)19(17)9(2)12(16)13-7-10-4-3-5-18-10/h3-5,8-9H,6-7H2,1-2H3,(H,13,16)(H,14,15). The molecular weight excluding hydrogens is 270 g/mol. The summed E-state index contributed by atoms with van der Waals surface area (Å²) in [4.78, 5) is 22.3. The zero-order valence-corrected chi connectivity index (χ0v) is 11.6. The molecule has 0 saturated heterocycles. The van der Waals surface area contributed by atoms with Crippen LogP contribution in [0.5, 0.6) is 0 Å². The van der Waals surface area contributed by atoms with Crippen molar-refractivity contribution in [1.29, 1.82) is 0 Å². The Morgan fingerprint density at radius 1 is 1.47 bits per heavy atom. The second-order valence-corrected chi connectivity index (χ2v) is 6.35. The van der Waals surface area contributed by atoms with Gasteiger partial charge in [-0.1, -0.05) is 6.92 Å². The Hall–Kier alpha value is -1.63. The zero-order chi connectivity index (χ0) is 14.4. The molecule has 0 spiro atoms. The predicted molar refractivity (Wildman–Crippen MR) is 69.9 cm³/mol. The van der Waals surface area contributed by atoms with E-state index in [1.165, 1.54) is 13.2 Å². The van der Waals surface area contributed by atoms with Gasteiger partial charge in [-0.3, -0.25) is 13.8 Å². The minimum atomic E-state index is -1.53. The first-order chi connectivity index (χ1) is 8.91. The highest BCUT2D eigenvalue weighted by Gasteiger charge is 2.25. The molecule has 2 N–H and O–H groups in total. The SMILES string of the molecule is CC(CC(=O)O)S(=O)C(C)C(=O)NCc1ccco1. The molecule has 0 saturated carbocycles. The Bertz CT molecular complexity index is 457. The van der Waals surface area contributed by atoms with Gasteiger partial charge >= 0.3 is 5.97 Å². The van der Waals surface area contributed by atoms with Crippen molar-refractivity contribution in [2.45, 2.75) is 37.3 Å². The molecule has 0 aromatic carbocycles. The number of aliphatic carboxylic acids is 1. The monoisotopic (exact) mass is 287 g/mol. The van der Waals surface area contributed by atoms with E-state index < -0.39 is 27.3 Å². The Kier molecular flexibility index (Phi) is 5.75. The molecule has 0 radical (unpaired) electrons. The lowest BCUT2D eigenvalue weighted by Crippen LogP contribution is -2.38. The predicted octanol–water partition coefficient (Wildman–Crippen LogP) is 0.896. The van der Waals surface area contributed by atoms with Crippen LogP contribution in [0.2, 0.25) is 0 Å². The van der Waals surface area contributed by atoms with Gasteiger partial charge in [-0.2, -0.15) is 0 Å². The second-order valence-electron chi connectivity index (χ2n) is 4.18. The van der Waals surface area contributed by atoms with Crippen molar-refractivity contribution in [3.8, 4) is 0 Å². The molecule has 19 heavy (non-hydrogen) atoms. The van der Waals surface area contributed by atoms with Crippen LogP contribution in [0.25, 0.3) is 0 Å². The summed E-state index contributed by atoms with van der Waals surface area (Å²) in [6, 6.07) is 3.42. The van der Waals surface area contributed by atoms with Crippen LogP contribution >= 0.6 is 0 Å². The minimum Gasteiger partial charge on any atom is -0.481 e. The highest BCUT2D eigenvalue weighted by Crippen LogP contribution is 2.08. The molecular formula is C12H17NO5S. The van der Waals surface area contributed by atoms with Crippen molar-refractivity contribution in [3.63, 3.8) is 0 Å². The number of carbonyl (C=O) groups excluding carboxylic acids is 1. The topological polar surface area (TPSA) is 96.6 Å². The van der Waals surface area contributed by atoms with E-state index in [0.717, 1.165) is 0 Å². The van der Waals surface area contributed by atoms with Gasteiger partial charge in [-0.25, -0.2) is 0 Å². The van der Waals surface area contributed by atoms with Crippen LogP contribution in [0, 0.1) is 0 Å². The van der Waals surface area contributed by atoms with Crippen molar-refractivity contribution in [1.82, 2.24) is 5.32 Å². The zero-order valence-electron chi connectivity index (χ0n) is 10.8. The Morgan fingerprint density at radius 3 is 2.68 bits per heavy atom. The molecule has 1 amide bonds. The van der Waals surface area contributed by atoms with Gasteiger partial charge in [0.25, 0.3) is 0 Å². The van der Waals surface area contributed by atoms with Crippen LogP contribution in [0.3, 0.4) is 0 Å². The smallest absolute Gasteiger partial charge is 0.304 e. The van der Waals surface area contributed by atoms with Gasteiger partial charge in [0.2, 0.25) is 5.91 Å². The van der Waals surface area contributed by atoms with Gasteiger partial charge in [-0.05, 0) is 19.1 Å². The first kappa shape index (κ1) is 15.4. The number of hydrogen-bond donors (Lipinski definition) is 2. The highest BCUT2D eigenvalue weighted by atomic mass is 32.2. The van der Waals surface area contributed by atoms with Gasteiger partial charge in [0, 0.05) is 16.0 Å². The summed E-state index contributed by atoms with van der Waals surface area (Å²) in [5.74, 6) is -0.805. The van der Waals surface area contributed by atoms with E-state index in [4.69, 9.17) is 9.52 Å². The maximum atomic E-state index is 11.9. The van der Waals surface area contributed by atoms with E-state index in [0.29, 0.717) is 5.76 Å². The summed E-state index contributed by atoms with van der Waals surface area (Å²) in [6.07, 6.45) is 1.28. The summed E-state index contributed by atoms with van der Waals surface area (Å²) in [5, 5.41) is 9.91. The normalized spacial score (nSPS) is 15.5. The molecule has 1 aromatic rings. The van der Waals surface area contributed by atoms with Crippen molar-refractivity contribution in [3.05, 3.63) is 24.2 Å². The average molecular weight is 287 g/mol. The fourth-order valence-corrected chi connectivity index (χ4v) is 2.81. The number of nitrogens with one attached hydrogen (secondary N) is 1. The van der Waals surface area contributed by atoms with Crippen LogP contribution in [0.4, 0.5) is 0 Å². The lowest BCUT2D eigenvalue weighted by Gasteiger charge is -2.15. The van der Waals surface area contributed by atoms with Crippen molar-refractivity contribution in [2.75, 3.05) is 0 Å².